The molecule has 12 heavy (non-hydrogen) atoms. The van der Waals surface area contributed by atoms with E-state index in [2.05, 4.69) is 5.10 Å². The highest BCUT2D eigenvalue weighted by atomic mass is 16.1. The molecule has 1 aromatic heterocycles. The lowest BCUT2D eigenvalue weighted by Gasteiger charge is -1.97. The first kappa shape index (κ1) is 8.97. The molecule has 1 heterocycles. The Morgan fingerprint density at radius 3 is 2.75 bits per heavy atom. The molecular weight excluding hydrogens is 152 g/mol. The number of carbonyl (C=O) groups excluding carboxylic acids is 1. The topological polar surface area (TPSA) is 34.9 Å². The molecule has 1 aromatic rings. The third kappa shape index (κ3) is 1.94. The van der Waals surface area contributed by atoms with Crippen LogP contribution in [0.1, 0.15) is 24.7 Å². The molecule has 0 bridgehead atoms. The average Bonchev–Trinajstić information content (AvgIpc) is 2.30. The number of aromatic nitrogens is 2. The lowest BCUT2D eigenvalue weighted by Crippen LogP contribution is -2.05. The summed E-state index contributed by atoms with van der Waals surface area (Å²) >= 11 is 0. The monoisotopic (exact) mass is 166 g/mol. The van der Waals surface area contributed by atoms with Crippen molar-refractivity contribution in [3.8, 4) is 0 Å². The minimum atomic E-state index is 0.262. The van der Waals surface area contributed by atoms with Gasteiger partial charge in [0.25, 0.3) is 0 Å². The number of hydrogen-bond donors (Lipinski definition) is 0. The third-order valence-electron chi connectivity index (χ3n) is 1.87. The summed E-state index contributed by atoms with van der Waals surface area (Å²) in [6, 6.07) is 1.95. The van der Waals surface area contributed by atoms with Crippen LogP contribution in [0.4, 0.5) is 0 Å². The number of hydrogen-bond acceptors (Lipinski definition) is 2. The molecule has 3 nitrogen and oxygen atoms in total. The van der Waals surface area contributed by atoms with Crippen molar-refractivity contribution in [2.24, 2.45) is 7.05 Å². The predicted octanol–water partition coefficient (Wildman–Crippen LogP) is 1.25. The summed E-state index contributed by atoms with van der Waals surface area (Å²) in [5.41, 5.74) is 1.97. The van der Waals surface area contributed by atoms with Crippen LogP contribution in [0, 0.1) is 6.92 Å². The van der Waals surface area contributed by atoms with E-state index in [0.717, 1.165) is 11.4 Å². The molecule has 0 radical (unpaired) electrons. The summed E-state index contributed by atoms with van der Waals surface area (Å²) < 4.78 is 1.77. The van der Waals surface area contributed by atoms with Gasteiger partial charge in [-0.25, -0.2) is 0 Å². The second kappa shape index (κ2) is 3.52. The van der Waals surface area contributed by atoms with Gasteiger partial charge in [-0.3, -0.25) is 9.48 Å². The van der Waals surface area contributed by atoms with Crippen LogP contribution in [-0.4, -0.2) is 15.6 Å². The van der Waals surface area contributed by atoms with Crippen molar-refractivity contribution < 1.29 is 4.79 Å². The van der Waals surface area contributed by atoms with Crippen LogP contribution in [0.25, 0.3) is 0 Å². The van der Waals surface area contributed by atoms with Gasteiger partial charge in [-0.05, 0) is 13.0 Å². The zero-order valence-electron chi connectivity index (χ0n) is 7.79. The first-order valence-corrected chi connectivity index (χ1v) is 4.14. The van der Waals surface area contributed by atoms with Crippen molar-refractivity contribution in [3.05, 3.63) is 17.5 Å². The summed E-state index contributed by atoms with van der Waals surface area (Å²) in [6.45, 7) is 3.81. The molecule has 0 N–H and O–H groups in total. The van der Waals surface area contributed by atoms with Gasteiger partial charge in [0.2, 0.25) is 0 Å². The van der Waals surface area contributed by atoms with Crippen molar-refractivity contribution in [2.75, 3.05) is 0 Å². The second-order valence-electron chi connectivity index (χ2n) is 2.97. The molecule has 0 aliphatic carbocycles. The molecule has 0 saturated heterocycles. The fourth-order valence-electron chi connectivity index (χ4n) is 1.16. The maximum atomic E-state index is 11.1. The Labute approximate surface area is 72.4 Å². The van der Waals surface area contributed by atoms with E-state index in [1.165, 1.54) is 0 Å². The third-order valence-corrected chi connectivity index (χ3v) is 1.87. The average molecular weight is 166 g/mol. The first-order valence-electron chi connectivity index (χ1n) is 4.14. The molecule has 1 rings (SSSR count). The summed E-state index contributed by atoms with van der Waals surface area (Å²) in [5.74, 6) is 0.262. The van der Waals surface area contributed by atoms with E-state index in [4.69, 9.17) is 0 Å². The summed E-state index contributed by atoms with van der Waals surface area (Å²) in [4.78, 5) is 11.1. The Hall–Kier alpha value is -1.12. The number of rotatable bonds is 3. The Kier molecular flexibility index (Phi) is 2.63. The normalized spacial score (nSPS) is 10.2. The van der Waals surface area contributed by atoms with Crippen molar-refractivity contribution in [1.29, 1.82) is 0 Å². The van der Waals surface area contributed by atoms with Gasteiger partial charge in [-0.1, -0.05) is 6.92 Å². The van der Waals surface area contributed by atoms with Gasteiger partial charge < -0.3 is 0 Å². The molecule has 0 saturated carbocycles. The highest BCUT2D eigenvalue weighted by Crippen LogP contribution is 2.03. The smallest absolute Gasteiger partial charge is 0.138 e. The minimum absolute atomic E-state index is 0.262. The van der Waals surface area contributed by atoms with Crippen molar-refractivity contribution in [3.63, 3.8) is 0 Å². The molecule has 3 heteroatoms. The quantitative estimate of drug-likeness (QED) is 0.677. The van der Waals surface area contributed by atoms with Gasteiger partial charge in [0, 0.05) is 25.6 Å². The van der Waals surface area contributed by atoms with E-state index in [-0.39, 0.29) is 5.78 Å². The van der Waals surface area contributed by atoms with Gasteiger partial charge in [0.1, 0.15) is 5.78 Å². The predicted molar refractivity (Wildman–Crippen MR) is 46.9 cm³/mol. The number of aryl methyl sites for hydroxylation is 2. The van der Waals surface area contributed by atoms with Crippen LogP contribution in [0.5, 0.6) is 0 Å². The van der Waals surface area contributed by atoms with Crippen LogP contribution in [0.3, 0.4) is 0 Å². The fraction of sp³-hybridized carbons (Fsp3) is 0.556. The molecule has 0 aromatic carbocycles. The van der Waals surface area contributed by atoms with Crippen molar-refractivity contribution in [2.45, 2.75) is 26.7 Å². The molecule has 0 unspecified atom stereocenters. The van der Waals surface area contributed by atoms with E-state index in [0.29, 0.717) is 12.8 Å². The zero-order chi connectivity index (χ0) is 9.14. The standard InChI is InChI=1S/C9H14N2O/c1-4-9(12)6-8-5-7(2)10-11(8)3/h5H,4,6H2,1-3H3. The Balaban J connectivity index is 2.75. The zero-order valence-corrected chi connectivity index (χ0v) is 7.79. The highest BCUT2D eigenvalue weighted by molar-refractivity contribution is 5.80. The van der Waals surface area contributed by atoms with E-state index in [1.807, 2.05) is 27.0 Å². The molecule has 0 amide bonds. The lowest BCUT2D eigenvalue weighted by molar-refractivity contribution is -0.118. The molecular formula is C9H14N2O. The Morgan fingerprint density at radius 1 is 1.67 bits per heavy atom. The van der Waals surface area contributed by atoms with Gasteiger partial charge in [-0.2, -0.15) is 5.10 Å². The van der Waals surface area contributed by atoms with E-state index < -0.39 is 0 Å². The van der Waals surface area contributed by atoms with Crippen molar-refractivity contribution in [1.82, 2.24) is 9.78 Å². The molecule has 0 aliphatic rings. The molecule has 0 fully saturated rings. The molecule has 0 atom stereocenters. The van der Waals surface area contributed by atoms with E-state index in [9.17, 15) is 4.79 Å². The second-order valence-corrected chi connectivity index (χ2v) is 2.97. The fourth-order valence-corrected chi connectivity index (χ4v) is 1.16. The Bertz CT molecular complexity index is 289. The lowest BCUT2D eigenvalue weighted by atomic mass is 10.2. The summed E-state index contributed by atoms with van der Waals surface area (Å²) in [5, 5.41) is 4.16. The maximum Gasteiger partial charge on any atom is 0.138 e. The number of nitrogens with zero attached hydrogens (tertiary/aromatic N) is 2. The summed E-state index contributed by atoms with van der Waals surface area (Å²) in [6.07, 6.45) is 1.11. The van der Waals surface area contributed by atoms with Crippen molar-refractivity contribution >= 4 is 5.78 Å². The van der Waals surface area contributed by atoms with E-state index in [1.54, 1.807) is 4.68 Å². The van der Waals surface area contributed by atoms with Crippen LogP contribution < -0.4 is 0 Å². The molecule has 0 aliphatic heterocycles. The number of carbonyl (C=O) groups is 1. The number of ketones is 1. The minimum Gasteiger partial charge on any atom is -0.299 e. The van der Waals surface area contributed by atoms with E-state index >= 15 is 0 Å². The van der Waals surface area contributed by atoms with Gasteiger partial charge in [0.15, 0.2) is 0 Å². The largest absolute Gasteiger partial charge is 0.299 e. The first-order chi connectivity index (χ1) is 5.63. The SMILES string of the molecule is CCC(=O)Cc1cc(C)nn1C. The van der Waals surface area contributed by atoms with Gasteiger partial charge in [0.05, 0.1) is 5.69 Å². The molecule has 66 valence electrons. The maximum absolute atomic E-state index is 11.1. The Morgan fingerprint density at radius 2 is 2.33 bits per heavy atom. The highest BCUT2D eigenvalue weighted by Gasteiger charge is 2.05. The van der Waals surface area contributed by atoms with Crippen LogP contribution in [0.2, 0.25) is 0 Å². The summed E-state index contributed by atoms with van der Waals surface area (Å²) in [7, 11) is 1.87. The van der Waals surface area contributed by atoms with Crippen LogP contribution in [-0.2, 0) is 18.3 Å². The van der Waals surface area contributed by atoms with Gasteiger partial charge >= 0.3 is 0 Å². The number of Topliss-reactive ketones (excluding diaryl/α,β-unsaturated/α-hetero) is 1. The molecule has 0 spiro atoms. The van der Waals surface area contributed by atoms with Gasteiger partial charge in [-0.15, -0.1) is 0 Å². The van der Waals surface area contributed by atoms with Crippen LogP contribution >= 0.6 is 0 Å². The van der Waals surface area contributed by atoms with Crippen LogP contribution in [0.15, 0.2) is 6.07 Å².